The molecule has 6 nitrogen and oxygen atoms in total. The molecule has 0 spiro atoms. The SMILES string of the molecule is c1ccc(-c2cc(-c3ccc4c5c(cccc35)-c3c-4c4ccc(-c5cnc6c(ccc7ccc(-c8ncnc(-c9ccc%10c%11c(cccc9%11)-c9c-%10c%10ccccc%10c%10ccccc9%10)n8)nc76)c5)cc4c4ccccc34)cc3ccncc23)cc1. The molecule has 0 N–H and O–H groups in total. The summed E-state index contributed by atoms with van der Waals surface area (Å²) in [5, 5.41) is 19.2. The second-order valence-electron chi connectivity index (χ2n) is 22.4. The van der Waals surface area contributed by atoms with Crippen LogP contribution in [0.25, 0.3) is 198 Å². The molecule has 384 valence electrons. The van der Waals surface area contributed by atoms with E-state index >= 15 is 0 Å². The quantitative estimate of drug-likeness (QED) is 0.160. The van der Waals surface area contributed by atoms with Gasteiger partial charge >= 0.3 is 0 Å². The number of aromatic nitrogens is 6. The third kappa shape index (κ3) is 6.33. The van der Waals surface area contributed by atoms with Crippen molar-refractivity contribution in [3.8, 4) is 101 Å². The fourth-order valence-electron chi connectivity index (χ4n) is 14.5. The van der Waals surface area contributed by atoms with Gasteiger partial charge in [-0.15, -0.1) is 0 Å². The molecule has 84 heavy (non-hydrogen) atoms. The van der Waals surface area contributed by atoms with E-state index in [1.165, 1.54) is 131 Å². The van der Waals surface area contributed by atoms with Gasteiger partial charge in [-0.05, 0) is 185 Å². The Hall–Kier alpha value is -11.3. The molecule has 0 amide bonds. The van der Waals surface area contributed by atoms with E-state index in [1.807, 2.05) is 24.7 Å². The lowest BCUT2D eigenvalue weighted by Crippen LogP contribution is -1.98. The maximum atomic E-state index is 5.27. The maximum Gasteiger partial charge on any atom is 0.181 e. The molecular weight excluding hydrogens is 1020 g/mol. The molecule has 19 rings (SSSR count). The first kappa shape index (κ1) is 45.4. The molecule has 2 aliphatic carbocycles. The zero-order valence-electron chi connectivity index (χ0n) is 44.9. The molecule has 4 aromatic heterocycles. The monoisotopic (exact) mass is 1060 g/mol. The van der Waals surface area contributed by atoms with Crippen LogP contribution in [0.2, 0.25) is 0 Å². The minimum atomic E-state index is 0.508. The first-order valence-electron chi connectivity index (χ1n) is 28.5. The van der Waals surface area contributed by atoms with Gasteiger partial charge < -0.3 is 0 Å². The lowest BCUT2D eigenvalue weighted by molar-refractivity contribution is 1.06. The summed E-state index contributed by atoms with van der Waals surface area (Å²) in [5.74, 6) is 1.11. The highest BCUT2D eigenvalue weighted by molar-refractivity contribution is 6.33. The van der Waals surface area contributed by atoms with Crippen LogP contribution >= 0.6 is 0 Å². The summed E-state index contributed by atoms with van der Waals surface area (Å²) in [7, 11) is 0. The van der Waals surface area contributed by atoms with Crippen LogP contribution in [0.15, 0.2) is 255 Å². The molecule has 0 atom stereocenters. The van der Waals surface area contributed by atoms with E-state index in [9.17, 15) is 0 Å². The Labute approximate surface area is 480 Å². The lowest BCUT2D eigenvalue weighted by Gasteiger charge is -2.15. The molecule has 0 radical (unpaired) electrons. The highest BCUT2D eigenvalue weighted by Gasteiger charge is 2.30. The Kier molecular flexibility index (Phi) is 9.24. The topological polar surface area (TPSA) is 77.3 Å². The second-order valence-corrected chi connectivity index (χ2v) is 22.4. The van der Waals surface area contributed by atoms with Crippen molar-refractivity contribution in [3.63, 3.8) is 0 Å². The van der Waals surface area contributed by atoms with Crippen LogP contribution in [0, 0.1) is 0 Å². The predicted molar refractivity (Wildman–Crippen MR) is 347 cm³/mol. The van der Waals surface area contributed by atoms with Crippen LogP contribution in [0.1, 0.15) is 0 Å². The van der Waals surface area contributed by atoms with Crippen LogP contribution in [0.4, 0.5) is 0 Å². The maximum absolute atomic E-state index is 5.27. The predicted octanol–water partition coefficient (Wildman–Crippen LogP) is 20.1. The van der Waals surface area contributed by atoms with E-state index in [-0.39, 0.29) is 0 Å². The van der Waals surface area contributed by atoms with Gasteiger partial charge in [0.25, 0.3) is 0 Å². The van der Waals surface area contributed by atoms with E-state index in [2.05, 4.69) is 229 Å². The zero-order chi connectivity index (χ0) is 54.7. The number of fused-ring (bicyclic) bond motifs is 20. The minimum absolute atomic E-state index is 0.508. The molecule has 4 heterocycles. The zero-order valence-corrected chi connectivity index (χ0v) is 44.9. The van der Waals surface area contributed by atoms with Crippen LogP contribution in [0.3, 0.4) is 0 Å². The Morgan fingerprint density at radius 3 is 1.52 bits per heavy atom. The number of benzene rings is 13. The van der Waals surface area contributed by atoms with Crippen LogP contribution in [-0.4, -0.2) is 29.9 Å². The summed E-state index contributed by atoms with van der Waals surface area (Å²) >= 11 is 0. The highest BCUT2D eigenvalue weighted by atomic mass is 15.0. The van der Waals surface area contributed by atoms with Crippen molar-refractivity contribution in [2.24, 2.45) is 0 Å². The molecule has 0 saturated heterocycles. The number of nitrogens with zero attached hydrogens (tertiary/aromatic N) is 6. The molecule has 0 saturated carbocycles. The number of hydrogen-bond acceptors (Lipinski definition) is 6. The van der Waals surface area contributed by atoms with E-state index in [0.29, 0.717) is 17.3 Å². The fourth-order valence-corrected chi connectivity index (χ4v) is 14.5. The summed E-state index contributed by atoms with van der Waals surface area (Å²) in [4.78, 5) is 29.7. The normalized spacial score (nSPS) is 12.3. The first-order chi connectivity index (χ1) is 41.7. The van der Waals surface area contributed by atoms with Gasteiger partial charge in [0.1, 0.15) is 12.0 Å². The molecule has 0 fully saturated rings. The summed E-state index contributed by atoms with van der Waals surface area (Å²) in [5.41, 5.74) is 20.3. The molecule has 17 aromatic rings. The van der Waals surface area contributed by atoms with E-state index in [1.54, 1.807) is 6.33 Å². The summed E-state index contributed by atoms with van der Waals surface area (Å²) in [6.45, 7) is 0. The average Bonchev–Trinajstić information content (AvgIpc) is 1.69. The fraction of sp³-hybridized carbons (Fsp3) is 0. The van der Waals surface area contributed by atoms with Crippen LogP contribution < -0.4 is 0 Å². The first-order valence-corrected chi connectivity index (χ1v) is 28.5. The smallest absolute Gasteiger partial charge is 0.181 e. The van der Waals surface area contributed by atoms with Crippen molar-refractivity contribution < 1.29 is 0 Å². The van der Waals surface area contributed by atoms with Crippen LogP contribution in [0.5, 0.6) is 0 Å². The molecule has 0 unspecified atom stereocenters. The van der Waals surface area contributed by atoms with Crippen molar-refractivity contribution in [2.75, 3.05) is 0 Å². The molecule has 2 aliphatic rings. The Balaban J connectivity index is 0.696. The van der Waals surface area contributed by atoms with Gasteiger partial charge in [-0.25, -0.2) is 19.9 Å². The molecular formula is C78H42N6. The summed E-state index contributed by atoms with van der Waals surface area (Å²) in [6, 6.07) is 84.2. The van der Waals surface area contributed by atoms with Crippen molar-refractivity contribution in [1.29, 1.82) is 0 Å². The number of pyridine rings is 3. The lowest BCUT2D eigenvalue weighted by atomic mass is 9.88. The van der Waals surface area contributed by atoms with Crippen molar-refractivity contribution in [2.45, 2.75) is 0 Å². The van der Waals surface area contributed by atoms with Gasteiger partial charge in [-0.2, -0.15) is 0 Å². The van der Waals surface area contributed by atoms with Gasteiger partial charge in [-0.3, -0.25) is 9.97 Å². The minimum Gasteiger partial charge on any atom is -0.264 e. The molecule has 0 aliphatic heterocycles. The highest BCUT2D eigenvalue weighted by Crippen LogP contribution is 2.57. The molecule has 6 heteroatoms. The number of hydrogen-bond donors (Lipinski definition) is 0. The largest absolute Gasteiger partial charge is 0.264 e. The van der Waals surface area contributed by atoms with Crippen molar-refractivity contribution in [3.05, 3.63) is 255 Å². The van der Waals surface area contributed by atoms with E-state index in [0.717, 1.165) is 49.3 Å². The number of rotatable bonds is 5. The third-order valence-corrected chi connectivity index (χ3v) is 18.2. The Morgan fingerprint density at radius 1 is 0.250 bits per heavy atom. The summed E-state index contributed by atoms with van der Waals surface area (Å²) < 4.78 is 0. The Morgan fingerprint density at radius 2 is 0.810 bits per heavy atom. The van der Waals surface area contributed by atoms with Gasteiger partial charge in [0.15, 0.2) is 11.6 Å². The van der Waals surface area contributed by atoms with E-state index < -0.39 is 0 Å². The van der Waals surface area contributed by atoms with E-state index in [4.69, 9.17) is 24.9 Å². The molecule has 0 bridgehead atoms. The summed E-state index contributed by atoms with van der Waals surface area (Å²) in [6.07, 6.45) is 7.49. The second kappa shape index (κ2) is 17.1. The standard InChI is InChI=1S/C78H42N6/c1-2-12-43(13-3-1)65-39-48(36-46-34-35-79-41-67(46)65)50-29-31-63-69-54(50)20-10-22-61(69)72-57-19-9-6-16-53(57)66-38-45(26-28-59(66)74(63)72)49-37-47-25-24-44-27-33-68(83-76(44)75(47)80-40-49)78-82-42-81-77(84-78)60-30-32-64-70-58(60)21-11-23-62(70)71-55-17-7-4-14-51(55)52-15-5-8-18-56(52)73(64)71/h1-42H. The Bertz CT molecular complexity index is 5740. The van der Waals surface area contributed by atoms with Crippen molar-refractivity contribution >= 4 is 97.2 Å². The average molecular weight is 1060 g/mol. The van der Waals surface area contributed by atoms with Gasteiger partial charge in [-0.1, -0.05) is 188 Å². The third-order valence-electron chi connectivity index (χ3n) is 18.2. The van der Waals surface area contributed by atoms with Gasteiger partial charge in [0.05, 0.1) is 11.0 Å². The van der Waals surface area contributed by atoms with Gasteiger partial charge in [0.2, 0.25) is 0 Å². The van der Waals surface area contributed by atoms with Crippen molar-refractivity contribution in [1.82, 2.24) is 29.9 Å². The molecule has 13 aromatic carbocycles. The van der Waals surface area contributed by atoms with Gasteiger partial charge in [0, 0.05) is 45.9 Å². The van der Waals surface area contributed by atoms with Crippen LogP contribution in [-0.2, 0) is 0 Å².